The number of nitrogens with zero attached hydrogens (tertiary/aromatic N) is 1. The largest absolute Gasteiger partial charge is 0.382 e. The molecule has 0 bridgehead atoms. The minimum absolute atomic E-state index is 0.0418. The number of methoxy groups -OCH3 is 1. The molecule has 100 valence electrons. The number of hydrogen-bond donors (Lipinski definition) is 0. The highest BCUT2D eigenvalue weighted by atomic mass is 35.5. The Morgan fingerprint density at radius 1 is 1.24 bits per heavy atom. The van der Waals surface area contributed by atoms with Crippen LogP contribution in [0.2, 0.25) is 0 Å². The molecule has 1 aliphatic heterocycles. The van der Waals surface area contributed by atoms with Gasteiger partial charge in [0, 0.05) is 26.6 Å². The Balaban J connectivity index is 1.89. The van der Waals surface area contributed by atoms with Crippen LogP contribution in [0.4, 0.5) is 0 Å². The van der Waals surface area contributed by atoms with Crippen molar-refractivity contribution in [2.24, 2.45) is 0 Å². The van der Waals surface area contributed by atoms with Crippen LogP contribution < -0.4 is 0 Å². The zero-order valence-electron chi connectivity index (χ0n) is 10.2. The van der Waals surface area contributed by atoms with Crippen molar-refractivity contribution >= 4 is 17.5 Å². The van der Waals surface area contributed by atoms with Crippen LogP contribution in [0.25, 0.3) is 0 Å². The SMILES string of the molecule is COCCOCCOCCN1CC(Cl)CC1=O. The van der Waals surface area contributed by atoms with Crippen LogP contribution in [0.1, 0.15) is 6.42 Å². The summed E-state index contributed by atoms with van der Waals surface area (Å²) in [6.07, 6.45) is 0.446. The van der Waals surface area contributed by atoms with Crippen molar-refractivity contribution in [1.82, 2.24) is 4.90 Å². The number of hydrogen-bond acceptors (Lipinski definition) is 4. The van der Waals surface area contributed by atoms with Gasteiger partial charge in [-0.1, -0.05) is 0 Å². The second-order valence-corrected chi connectivity index (χ2v) is 4.48. The van der Waals surface area contributed by atoms with Crippen LogP contribution >= 0.6 is 11.6 Å². The molecule has 1 atom stereocenters. The topological polar surface area (TPSA) is 48.0 Å². The second-order valence-electron chi connectivity index (χ2n) is 3.86. The van der Waals surface area contributed by atoms with Crippen molar-refractivity contribution < 1.29 is 19.0 Å². The smallest absolute Gasteiger partial charge is 0.224 e. The lowest BCUT2D eigenvalue weighted by Crippen LogP contribution is -2.29. The third kappa shape index (κ3) is 6.21. The Labute approximate surface area is 107 Å². The maximum absolute atomic E-state index is 11.4. The van der Waals surface area contributed by atoms with E-state index >= 15 is 0 Å². The quantitative estimate of drug-likeness (QED) is 0.450. The van der Waals surface area contributed by atoms with Gasteiger partial charge in [-0.2, -0.15) is 0 Å². The molecule has 1 rings (SSSR count). The first-order valence-electron chi connectivity index (χ1n) is 5.80. The van der Waals surface area contributed by atoms with Crippen molar-refractivity contribution in [2.75, 3.05) is 53.2 Å². The van der Waals surface area contributed by atoms with Gasteiger partial charge >= 0.3 is 0 Å². The molecule has 1 heterocycles. The Hall–Kier alpha value is -0.360. The van der Waals surface area contributed by atoms with Crippen molar-refractivity contribution in [1.29, 1.82) is 0 Å². The zero-order chi connectivity index (χ0) is 12.5. The van der Waals surface area contributed by atoms with Gasteiger partial charge in [0.1, 0.15) is 0 Å². The van der Waals surface area contributed by atoms with Crippen molar-refractivity contribution in [3.05, 3.63) is 0 Å². The summed E-state index contributed by atoms with van der Waals surface area (Å²) in [7, 11) is 1.64. The van der Waals surface area contributed by atoms with Crippen LogP contribution in [0.5, 0.6) is 0 Å². The number of ether oxygens (including phenoxy) is 3. The summed E-state index contributed by atoms with van der Waals surface area (Å²) in [5.74, 6) is 0.116. The first-order chi connectivity index (χ1) is 8.24. The summed E-state index contributed by atoms with van der Waals surface area (Å²) < 4.78 is 15.4. The molecule has 17 heavy (non-hydrogen) atoms. The van der Waals surface area contributed by atoms with E-state index in [1.54, 1.807) is 12.0 Å². The lowest BCUT2D eigenvalue weighted by molar-refractivity contribution is -0.128. The molecule has 0 aromatic rings. The Morgan fingerprint density at radius 3 is 2.47 bits per heavy atom. The fraction of sp³-hybridized carbons (Fsp3) is 0.909. The molecule has 5 nitrogen and oxygen atoms in total. The van der Waals surface area contributed by atoms with Gasteiger partial charge in [0.2, 0.25) is 5.91 Å². The maximum atomic E-state index is 11.4. The highest BCUT2D eigenvalue weighted by molar-refractivity contribution is 6.22. The summed E-state index contributed by atoms with van der Waals surface area (Å²) in [6, 6.07) is 0. The molecule has 1 amide bonds. The van der Waals surface area contributed by atoms with E-state index in [4.69, 9.17) is 25.8 Å². The molecule has 0 saturated carbocycles. The molecule has 1 saturated heterocycles. The molecule has 0 spiro atoms. The van der Waals surface area contributed by atoms with Crippen LogP contribution in [0, 0.1) is 0 Å². The molecule has 0 aliphatic carbocycles. The van der Waals surface area contributed by atoms with E-state index in [9.17, 15) is 4.79 Å². The monoisotopic (exact) mass is 265 g/mol. The van der Waals surface area contributed by atoms with Crippen molar-refractivity contribution in [3.8, 4) is 0 Å². The van der Waals surface area contributed by atoms with Crippen LogP contribution in [-0.2, 0) is 19.0 Å². The minimum Gasteiger partial charge on any atom is -0.382 e. The van der Waals surface area contributed by atoms with Crippen molar-refractivity contribution in [2.45, 2.75) is 11.8 Å². The van der Waals surface area contributed by atoms with Gasteiger partial charge in [0.05, 0.1) is 38.4 Å². The highest BCUT2D eigenvalue weighted by Crippen LogP contribution is 2.15. The Morgan fingerprint density at radius 2 is 1.88 bits per heavy atom. The average Bonchev–Trinajstić information content (AvgIpc) is 2.61. The van der Waals surface area contributed by atoms with Gasteiger partial charge in [-0.05, 0) is 0 Å². The summed E-state index contributed by atoms with van der Waals surface area (Å²) >= 11 is 5.88. The highest BCUT2D eigenvalue weighted by Gasteiger charge is 2.27. The summed E-state index contributed by atoms with van der Waals surface area (Å²) in [5, 5.41) is -0.0418. The number of likely N-dealkylation sites (tertiary alicyclic amines) is 1. The maximum Gasteiger partial charge on any atom is 0.224 e. The Bertz CT molecular complexity index is 228. The molecule has 0 radical (unpaired) electrons. The number of amides is 1. The van der Waals surface area contributed by atoms with Gasteiger partial charge in [-0.3, -0.25) is 4.79 Å². The fourth-order valence-electron chi connectivity index (χ4n) is 1.58. The molecule has 1 unspecified atom stereocenters. The molecule has 1 fully saturated rings. The van der Waals surface area contributed by atoms with Gasteiger partial charge in [0.25, 0.3) is 0 Å². The van der Waals surface area contributed by atoms with Gasteiger partial charge in [0.15, 0.2) is 0 Å². The minimum atomic E-state index is -0.0418. The molecule has 0 aromatic heterocycles. The fourth-order valence-corrected chi connectivity index (χ4v) is 1.88. The van der Waals surface area contributed by atoms with E-state index in [0.717, 1.165) is 0 Å². The number of carbonyl (C=O) groups excluding carboxylic acids is 1. The van der Waals surface area contributed by atoms with E-state index in [-0.39, 0.29) is 11.3 Å². The van der Waals surface area contributed by atoms with Crippen LogP contribution in [0.15, 0.2) is 0 Å². The first-order valence-corrected chi connectivity index (χ1v) is 6.24. The number of rotatable bonds is 9. The third-order valence-electron chi connectivity index (χ3n) is 2.48. The van der Waals surface area contributed by atoms with Gasteiger partial charge in [-0.15, -0.1) is 11.6 Å². The normalized spacial score (nSPS) is 20.2. The van der Waals surface area contributed by atoms with Gasteiger partial charge in [-0.25, -0.2) is 0 Å². The second kappa shape index (κ2) is 8.69. The summed E-state index contributed by atoms with van der Waals surface area (Å²) in [4.78, 5) is 13.1. The number of carbonyl (C=O) groups is 1. The third-order valence-corrected chi connectivity index (χ3v) is 2.77. The molecular formula is C11H20ClNO4. The van der Waals surface area contributed by atoms with E-state index in [1.807, 2.05) is 0 Å². The van der Waals surface area contributed by atoms with E-state index < -0.39 is 0 Å². The number of alkyl halides is 1. The van der Waals surface area contributed by atoms with Gasteiger partial charge < -0.3 is 19.1 Å². The average molecular weight is 266 g/mol. The molecular weight excluding hydrogens is 246 g/mol. The summed E-state index contributed by atoms with van der Waals surface area (Å²) in [5.41, 5.74) is 0. The molecule has 6 heteroatoms. The lowest BCUT2D eigenvalue weighted by atomic mass is 10.4. The Kier molecular flexibility index (Phi) is 7.51. The molecule has 0 aromatic carbocycles. The predicted octanol–water partition coefficient (Wildman–Crippen LogP) is 0.506. The summed E-state index contributed by atoms with van der Waals surface area (Å²) in [6.45, 7) is 4.04. The lowest BCUT2D eigenvalue weighted by Gasteiger charge is -2.15. The zero-order valence-corrected chi connectivity index (χ0v) is 10.9. The molecule has 0 N–H and O–H groups in total. The molecule has 1 aliphatic rings. The van der Waals surface area contributed by atoms with E-state index in [2.05, 4.69) is 0 Å². The van der Waals surface area contributed by atoms with Crippen molar-refractivity contribution in [3.63, 3.8) is 0 Å². The first kappa shape index (κ1) is 14.7. The standard InChI is InChI=1S/C11H20ClNO4/c1-15-4-5-17-7-6-16-3-2-13-9-10(12)8-11(13)14/h10H,2-9H2,1H3. The van der Waals surface area contributed by atoms with E-state index in [1.165, 1.54) is 0 Å². The van der Waals surface area contributed by atoms with E-state index in [0.29, 0.717) is 52.5 Å². The predicted molar refractivity (Wildman–Crippen MR) is 64.4 cm³/mol. The van der Waals surface area contributed by atoms with Crippen LogP contribution in [-0.4, -0.2) is 69.4 Å². The number of halogens is 1. The van der Waals surface area contributed by atoms with Crippen LogP contribution in [0.3, 0.4) is 0 Å².